The fourth-order valence-corrected chi connectivity index (χ4v) is 3.62. The minimum absolute atomic E-state index is 0.475. The van der Waals surface area contributed by atoms with Gasteiger partial charge in [0.25, 0.3) is 0 Å². The third kappa shape index (κ3) is 4.68. The van der Waals surface area contributed by atoms with Gasteiger partial charge in [-0.3, -0.25) is 0 Å². The standard InChI is InChI=1S/C21H26ClNO2/c1-15-7-3-4-8-17(15)14-25-21-19(22)11-16(12-20(21)24-2)13-23-18-9-5-6-10-18/h3-4,7-8,11-12,18,23H,5-6,9-10,13-14H2,1-2H3. The summed E-state index contributed by atoms with van der Waals surface area (Å²) in [6.07, 6.45) is 5.19. The van der Waals surface area contributed by atoms with E-state index < -0.39 is 0 Å². The van der Waals surface area contributed by atoms with Gasteiger partial charge in [0, 0.05) is 12.6 Å². The second-order valence-corrected chi connectivity index (χ2v) is 7.09. The smallest absolute Gasteiger partial charge is 0.180 e. The van der Waals surface area contributed by atoms with Crippen molar-refractivity contribution in [2.75, 3.05) is 7.11 Å². The Morgan fingerprint density at radius 1 is 1.16 bits per heavy atom. The summed E-state index contributed by atoms with van der Waals surface area (Å²) in [5.41, 5.74) is 3.47. The maximum absolute atomic E-state index is 6.48. The fraction of sp³-hybridized carbons (Fsp3) is 0.429. The molecule has 0 atom stereocenters. The molecule has 0 spiro atoms. The van der Waals surface area contributed by atoms with E-state index in [1.165, 1.54) is 31.2 Å². The summed E-state index contributed by atoms with van der Waals surface area (Å²) in [6, 6.07) is 12.8. The van der Waals surface area contributed by atoms with Crippen LogP contribution in [0, 0.1) is 6.92 Å². The molecule has 1 fully saturated rings. The van der Waals surface area contributed by atoms with Gasteiger partial charge in [0.05, 0.1) is 12.1 Å². The highest BCUT2D eigenvalue weighted by molar-refractivity contribution is 6.32. The minimum Gasteiger partial charge on any atom is -0.493 e. The Balaban J connectivity index is 1.69. The summed E-state index contributed by atoms with van der Waals surface area (Å²) in [4.78, 5) is 0. The van der Waals surface area contributed by atoms with Crippen LogP contribution in [0.1, 0.15) is 42.4 Å². The van der Waals surface area contributed by atoms with Gasteiger partial charge >= 0.3 is 0 Å². The number of nitrogens with one attached hydrogen (secondary N) is 1. The number of aryl methyl sites for hydroxylation is 1. The molecule has 0 unspecified atom stereocenters. The van der Waals surface area contributed by atoms with Crippen molar-refractivity contribution in [1.82, 2.24) is 5.32 Å². The summed E-state index contributed by atoms with van der Waals surface area (Å²) in [5, 5.41) is 4.20. The van der Waals surface area contributed by atoms with Gasteiger partial charge in [-0.1, -0.05) is 48.7 Å². The van der Waals surface area contributed by atoms with Crippen LogP contribution in [0.4, 0.5) is 0 Å². The summed E-state index contributed by atoms with van der Waals surface area (Å²) >= 11 is 6.48. The van der Waals surface area contributed by atoms with E-state index in [0.29, 0.717) is 29.2 Å². The number of benzene rings is 2. The molecule has 25 heavy (non-hydrogen) atoms. The van der Waals surface area contributed by atoms with E-state index in [1.54, 1.807) is 7.11 Å². The monoisotopic (exact) mass is 359 g/mol. The first-order valence-electron chi connectivity index (χ1n) is 8.94. The molecule has 0 aliphatic heterocycles. The Hall–Kier alpha value is -1.71. The Bertz CT molecular complexity index is 711. The molecule has 0 aromatic heterocycles. The number of hydrogen-bond acceptors (Lipinski definition) is 3. The quantitative estimate of drug-likeness (QED) is 0.730. The van der Waals surface area contributed by atoms with Crippen LogP contribution >= 0.6 is 11.6 Å². The van der Waals surface area contributed by atoms with Crippen LogP contribution in [-0.2, 0) is 13.2 Å². The van der Waals surface area contributed by atoms with Crippen LogP contribution in [0.2, 0.25) is 5.02 Å². The van der Waals surface area contributed by atoms with Crippen LogP contribution in [0.5, 0.6) is 11.5 Å². The van der Waals surface area contributed by atoms with Gasteiger partial charge < -0.3 is 14.8 Å². The SMILES string of the molecule is COc1cc(CNC2CCCC2)cc(Cl)c1OCc1ccccc1C. The molecule has 1 saturated carbocycles. The molecule has 4 heteroatoms. The molecular weight excluding hydrogens is 334 g/mol. The lowest BCUT2D eigenvalue weighted by Gasteiger charge is -2.16. The Labute approximate surface area is 155 Å². The molecule has 0 radical (unpaired) electrons. The predicted molar refractivity (Wildman–Crippen MR) is 103 cm³/mol. The normalized spacial score (nSPS) is 14.7. The summed E-state index contributed by atoms with van der Waals surface area (Å²) < 4.78 is 11.5. The Morgan fingerprint density at radius 3 is 2.64 bits per heavy atom. The summed E-state index contributed by atoms with van der Waals surface area (Å²) in [6.45, 7) is 3.36. The van der Waals surface area contributed by atoms with Crippen molar-refractivity contribution in [2.45, 2.75) is 51.8 Å². The van der Waals surface area contributed by atoms with Crippen LogP contribution in [0.3, 0.4) is 0 Å². The molecule has 134 valence electrons. The summed E-state index contributed by atoms with van der Waals surface area (Å²) in [7, 11) is 1.65. The first-order valence-corrected chi connectivity index (χ1v) is 9.32. The van der Waals surface area contributed by atoms with Gasteiger partial charge in [0.15, 0.2) is 11.5 Å². The van der Waals surface area contributed by atoms with Crippen LogP contribution in [-0.4, -0.2) is 13.2 Å². The van der Waals surface area contributed by atoms with E-state index >= 15 is 0 Å². The molecule has 0 heterocycles. The predicted octanol–water partition coefficient (Wildman–Crippen LogP) is 5.27. The van der Waals surface area contributed by atoms with Crippen LogP contribution in [0.25, 0.3) is 0 Å². The zero-order valence-electron chi connectivity index (χ0n) is 15.0. The lowest BCUT2D eigenvalue weighted by molar-refractivity contribution is 0.284. The van der Waals surface area contributed by atoms with E-state index in [-0.39, 0.29) is 0 Å². The summed E-state index contributed by atoms with van der Waals surface area (Å²) in [5.74, 6) is 1.29. The van der Waals surface area contributed by atoms with Crippen molar-refractivity contribution < 1.29 is 9.47 Å². The number of halogens is 1. The third-order valence-corrected chi connectivity index (χ3v) is 5.15. The molecule has 0 bridgehead atoms. The van der Waals surface area contributed by atoms with E-state index in [0.717, 1.165) is 17.7 Å². The first-order chi connectivity index (χ1) is 12.2. The molecule has 0 amide bonds. The molecule has 2 aromatic carbocycles. The maximum atomic E-state index is 6.48. The van der Waals surface area contributed by atoms with Gasteiger partial charge in [-0.05, 0) is 48.6 Å². The topological polar surface area (TPSA) is 30.5 Å². The lowest BCUT2D eigenvalue weighted by Crippen LogP contribution is -2.25. The van der Waals surface area contributed by atoms with Crippen molar-refractivity contribution in [3.63, 3.8) is 0 Å². The van der Waals surface area contributed by atoms with Crippen molar-refractivity contribution >= 4 is 11.6 Å². The molecule has 1 aliphatic carbocycles. The Kier molecular flexibility index (Phi) is 6.22. The number of hydrogen-bond donors (Lipinski definition) is 1. The molecule has 1 N–H and O–H groups in total. The van der Waals surface area contributed by atoms with Gasteiger partial charge in [-0.25, -0.2) is 0 Å². The Morgan fingerprint density at radius 2 is 1.92 bits per heavy atom. The van der Waals surface area contributed by atoms with E-state index in [2.05, 4.69) is 24.4 Å². The molecular formula is C21H26ClNO2. The minimum atomic E-state index is 0.475. The second kappa shape index (κ2) is 8.59. The lowest BCUT2D eigenvalue weighted by atomic mass is 10.1. The zero-order valence-corrected chi connectivity index (χ0v) is 15.7. The number of rotatable bonds is 7. The molecule has 2 aromatic rings. The number of ether oxygens (including phenoxy) is 2. The van der Waals surface area contributed by atoms with Crippen molar-refractivity contribution in [3.05, 3.63) is 58.1 Å². The van der Waals surface area contributed by atoms with Crippen molar-refractivity contribution in [1.29, 1.82) is 0 Å². The van der Waals surface area contributed by atoms with Crippen molar-refractivity contribution in [2.24, 2.45) is 0 Å². The number of methoxy groups -OCH3 is 1. The first kappa shape index (κ1) is 18.1. The molecule has 3 nitrogen and oxygen atoms in total. The average molecular weight is 360 g/mol. The highest BCUT2D eigenvalue weighted by Gasteiger charge is 2.16. The van der Waals surface area contributed by atoms with E-state index in [9.17, 15) is 0 Å². The average Bonchev–Trinajstić information content (AvgIpc) is 3.13. The van der Waals surface area contributed by atoms with E-state index in [4.69, 9.17) is 21.1 Å². The van der Waals surface area contributed by atoms with Gasteiger partial charge in [0.2, 0.25) is 0 Å². The van der Waals surface area contributed by atoms with Gasteiger partial charge in [-0.15, -0.1) is 0 Å². The molecule has 0 saturated heterocycles. The van der Waals surface area contributed by atoms with Gasteiger partial charge in [0.1, 0.15) is 6.61 Å². The van der Waals surface area contributed by atoms with Crippen LogP contribution in [0.15, 0.2) is 36.4 Å². The molecule has 3 rings (SSSR count). The van der Waals surface area contributed by atoms with E-state index in [1.807, 2.05) is 24.3 Å². The maximum Gasteiger partial charge on any atom is 0.180 e. The largest absolute Gasteiger partial charge is 0.493 e. The third-order valence-electron chi connectivity index (χ3n) is 4.87. The van der Waals surface area contributed by atoms with Crippen LogP contribution < -0.4 is 14.8 Å². The fourth-order valence-electron chi connectivity index (χ4n) is 3.33. The second-order valence-electron chi connectivity index (χ2n) is 6.69. The highest BCUT2D eigenvalue weighted by atomic mass is 35.5. The highest BCUT2D eigenvalue weighted by Crippen LogP contribution is 2.37. The zero-order chi connectivity index (χ0) is 17.6. The van der Waals surface area contributed by atoms with Crippen molar-refractivity contribution in [3.8, 4) is 11.5 Å². The molecule has 1 aliphatic rings. The van der Waals surface area contributed by atoms with Gasteiger partial charge in [-0.2, -0.15) is 0 Å².